The van der Waals surface area contributed by atoms with Gasteiger partial charge in [-0.1, -0.05) is 13.8 Å². The van der Waals surface area contributed by atoms with Crippen molar-refractivity contribution < 1.29 is 4.79 Å². The molecule has 1 aliphatic rings. The van der Waals surface area contributed by atoms with Crippen LogP contribution in [-0.2, 0) is 0 Å². The fraction of sp³-hybridized carbons (Fsp3) is 0.440. The summed E-state index contributed by atoms with van der Waals surface area (Å²) in [6.07, 6.45) is 5.10. The van der Waals surface area contributed by atoms with E-state index < -0.39 is 0 Å². The van der Waals surface area contributed by atoms with Crippen molar-refractivity contribution in [3.8, 4) is 0 Å². The number of amides is 1. The largest absolute Gasteiger partial charge is 0.342 e. The minimum atomic E-state index is 0.0260. The molecule has 34 heavy (non-hydrogen) atoms. The van der Waals surface area contributed by atoms with Crippen molar-refractivity contribution in [2.24, 2.45) is 0 Å². The number of aromatic amines is 1. The molecule has 9 nitrogen and oxygen atoms in total. The number of hydrogen-bond donors (Lipinski definition) is 3. The summed E-state index contributed by atoms with van der Waals surface area (Å²) in [5.41, 5.74) is 2.64. The maximum absolute atomic E-state index is 12.7. The van der Waals surface area contributed by atoms with E-state index >= 15 is 0 Å². The predicted molar refractivity (Wildman–Crippen MR) is 135 cm³/mol. The maximum Gasteiger partial charge on any atom is 0.253 e. The first kappa shape index (κ1) is 23.7. The second-order valence-corrected chi connectivity index (χ2v) is 8.68. The van der Waals surface area contributed by atoms with Gasteiger partial charge in [-0.25, -0.2) is 4.98 Å². The van der Waals surface area contributed by atoms with E-state index in [0.717, 1.165) is 44.1 Å². The molecule has 1 saturated carbocycles. The Balaban J connectivity index is 1.30. The minimum Gasteiger partial charge on any atom is -0.342 e. The summed E-state index contributed by atoms with van der Waals surface area (Å²) in [7, 11) is 1.86. The zero-order valence-corrected chi connectivity index (χ0v) is 20.2. The number of H-pyrrole nitrogens is 1. The Bertz CT molecular complexity index is 1070. The van der Waals surface area contributed by atoms with E-state index in [2.05, 4.69) is 49.5 Å². The number of carbonyl (C=O) groups is 1. The van der Waals surface area contributed by atoms with Crippen LogP contribution in [-0.4, -0.2) is 69.1 Å². The van der Waals surface area contributed by atoms with Gasteiger partial charge in [-0.3, -0.25) is 9.89 Å². The van der Waals surface area contributed by atoms with E-state index in [1.54, 1.807) is 17.2 Å². The standard InChI is InChI=1S/C25H34N8O/c1-4-33(5-2)16-6-15-32(3)24(34)19-9-11-20(12-10-19)27-25-26-14-13-22(29-25)28-23-17-21(30-31-23)18-7-8-18/h9-14,17-18H,4-8,15-16H2,1-3H3,(H3,26,27,28,29,30,31). The summed E-state index contributed by atoms with van der Waals surface area (Å²) >= 11 is 0. The van der Waals surface area contributed by atoms with Crippen LogP contribution in [0.15, 0.2) is 42.6 Å². The van der Waals surface area contributed by atoms with Crippen LogP contribution < -0.4 is 10.6 Å². The molecule has 0 radical (unpaired) electrons. The van der Waals surface area contributed by atoms with Gasteiger partial charge in [0.1, 0.15) is 5.82 Å². The molecular weight excluding hydrogens is 428 g/mol. The van der Waals surface area contributed by atoms with Gasteiger partial charge >= 0.3 is 0 Å². The molecule has 4 rings (SSSR count). The highest BCUT2D eigenvalue weighted by molar-refractivity contribution is 5.94. The van der Waals surface area contributed by atoms with Crippen LogP contribution in [0.4, 0.5) is 23.3 Å². The molecule has 1 amide bonds. The van der Waals surface area contributed by atoms with Gasteiger partial charge in [0.05, 0.1) is 0 Å². The van der Waals surface area contributed by atoms with Gasteiger partial charge < -0.3 is 20.4 Å². The first-order valence-electron chi connectivity index (χ1n) is 12.1. The van der Waals surface area contributed by atoms with Gasteiger partial charge in [0, 0.05) is 48.7 Å². The lowest BCUT2D eigenvalue weighted by Gasteiger charge is -2.21. The third kappa shape index (κ3) is 6.32. The number of nitrogens with zero attached hydrogens (tertiary/aromatic N) is 5. The van der Waals surface area contributed by atoms with Gasteiger partial charge in [-0.15, -0.1) is 0 Å². The fourth-order valence-electron chi connectivity index (χ4n) is 3.84. The van der Waals surface area contributed by atoms with Crippen molar-refractivity contribution in [3.63, 3.8) is 0 Å². The first-order valence-corrected chi connectivity index (χ1v) is 12.1. The van der Waals surface area contributed by atoms with E-state index in [9.17, 15) is 4.79 Å². The normalized spacial score (nSPS) is 13.2. The molecular formula is C25H34N8O. The van der Waals surface area contributed by atoms with Gasteiger partial charge in [-0.2, -0.15) is 10.1 Å². The van der Waals surface area contributed by atoms with Crippen LogP contribution in [0.5, 0.6) is 0 Å². The van der Waals surface area contributed by atoms with E-state index in [4.69, 9.17) is 0 Å². The summed E-state index contributed by atoms with van der Waals surface area (Å²) in [6, 6.07) is 11.2. The summed E-state index contributed by atoms with van der Waals surface area (Å²) in [5.74, 6) is 2.52. The Morgan fingerprint density at radius 2 is 1.82 bits per heavy atom. The molecule has 0 saturated heterocycles. The molecule has 3 aromatic rings. The summed E-state index contributed by atoms with van der Waals surface area (Å²) in [4.78, 5) is 25.7. The highest BCUT2D eigenvalue weighted by Gasteiger charge is 2.25. The Hall–Kier alpha value is -3.46. The van der Waals surface area contributed by atoms with Crippen molar-refractivity contribution in [2.75, 3.05) is 43.9 Å². The Labute approximate surface area is 201 Å². The van der Waals surface area contributed by atoms with Gasteiger partial charge in [-0.05, 0) is 69.2 Å². The minimum absolute atomic E-state index is 0.0260. The summed E-state index contributed by atoms with van der Waals surface area (Å²) in [6.45, 7) is 8.14. The Morgan fingerprint density at radius 1 is 1.06 bits per heavy atom. The van der Waals surface area contributed by atoms with E-state index in [1.165, 1.54) is 18.5 Å². The third-order valence-corrected chi connectivity index (χ3v) is 6.12. The van der Waals surface area contributed by atoms with Crippen LogP contribution in [0, 0.1) is 0 Å². The number of nitrogens with one attached hydrogen (secondary N) is 3. The Kier molecular flexibility index (Phi) is 7.74. The molecule has 0 unspecified atom stereocenters. The van der Waals surface area contributed by atoms with Crippen molar-refractivity contribution in [3.05, 3.63) is 53.9 Å². The second-order valence-electron chi connectivity index (χ2n) is 8.68. The number of hydrogen-bond acceptors (Lipinski definition) is 7. The molecule has 2 heterocycles. The fourth-order valence-corrected chi connectivity index (χ4v) is 3.84. The van der Waals surface area contributed by atoms with Crippen molar-refractivity contribution >= 4 is 29.2 Å². The van der Waals surface area contributed by atoms with E-state index in [0.29, 0.717) is 23.2 Å². The summed E-state index contributed by atoms with van der Waals surface area (Å²) < 4.78 is 0. The molecule has 180 valence electrons. The highest BCUT2D eigenvalue weighted by Crippen LogP contribution is 2.39. The molecule has 1 fully saturated rings. The quantitative estimate of drug-likeness (QED) is 0.367. The van der Waals surface area contributed by atoms with Crippen LogP contribution in [0.2, 0.25) is 0 Å². The second kappa shape index (κ2) is 11.1. The molecule has 0 spiro atoms. The molecule has 0 aliphatic heterocycles. The lowest BCUT2D eigenvalue weighted by molar-refractivity contribution is 0.0789. The van der Waals surface area contributed by atoms with Gasteiger partial charge in [0.25, 0.3) is 5.91 Å². The third-order valence-electron chi connectivity index (χ3n) is 6.12. The topological polar surface area (TPSA) is 102 Å². The average Bonchev–Trinajstić information content (AvgIpc) is 3.61. The van der Waals surface area contributed by atoms with Crippen LogP contribution in [0.3, 0.4) is 0 Å². The number of benzene rings is 1. The SMILES string of the molecule is CCN(CC)CCCN(C)C(=O)c1ccc(Nc2nccc(Nc3cc(C4CC4)[nH]n3)n2)cc1. The first-order chi connectivity index (χ1) is 16.6. The number of carbonyl (C=O) groups excluding carboxylic acids is 1. The number of anilines is 4. The smallest absolute Gasteiger partial charge is 0.253 e. The number of aromatic nitrogens is 4. The highest BCUT2D eigenvalue weighted by atomic mass is 16.2. The van der Waals surface area contributed by atoms with Gasteiger partial charge in [0.2, 0.25) is 5.95 Å². The van der Waals surface area contributed by atoms with Gasteiger partial charge in [0.15, 0.2) is 5.82 Å². The van der Waals surface area contributed by atoms with E-state index in [1.807, 2.05) is 37.4 Å². The molecule has 0 bridgehead atoms. The van der Waals surface area contributed by atoms with Crippen LogP contribution in [0.25, 0.3) is 0 Å². The molecule has 1 aromatic carbocycles. The van der Waals surface area contributed by atoms with Crippen molar-refractivity contribution in [1.82, 2.24) is 30.0 Å². The lowest BCUT2D eigenvalue weighted by atomic mass is 10.2. The molecule has 0 atom stereocenters. The van der Waals surface area contributed by atoms with Crippen LogP contribution >= 0.6 is 0 Å². The van der Waals surface area contributed by atoms with Crippen LogP contribution in [0.1, 0.15) is 55.1 Å². The molecule has 9 heteroatoms. The van der Waals surface area contributed by atoms with Crippen molar-refractivity contribution in [2.45, 2.75) is 39.0 Å². The monoisotopic (exact) mass is 462 g/mol. The average molecular weight is 463 g/mol. The maximum atomic E-state index is 12.7. The predicted octanol–water partition coefficient (Wildman–Crippen LogP) is 4.37. The molecule has 1 aliphatic carbocycles. The van der Waals surface area contributed by atoms with Crippen molar-refractivity contribution in [1.29, 1.82) is 0 Å². The summed E-state index contributed by atoms with van der Waals surface area (Å²) in [5, 5.41) is 13.8. The zero-order chi connectivity index (χ0) is 23.9. The zero-order valence-electron chi connectivity index (χ0n) is 20.2. The Morgan fingerprint density at radius 3 is 2.53 bits per heavy atom. The van der Waals surface area contributed by atoms with E-state index in [-0.39, 0.29) is 5.91 Å². The molecule has 3 N–H and O–H groups in total. The molecule has 2 aromatic heterocycles. The number of rotatable bonds is 12. The lowest BCUT2D eigenvalue weighted by Crippen LogP contribution is -2.31.